The van der Waals surface area contributed by atoms with Crippen molar-refractivity contribution in [1.29, 1.82) is 0 Å². The number of hydrogen-bond donors (Lipinski definition) is 4. The van der Waals surface area contributed by atoms with Crippen LogP contribution in [0.2, 0.25) is 0 Å². The van der Waals surface area contributed by atoms with E-state index in [0.717, 1.165) is 16.7 Å². The number of carboxylic acids is 1. The minimum absolute atomic E-state index is 0.140. The van der Waals surface area contributed by atoms with E-state index in [-0.39, 0.29) is 22.3 Å². The number of phenols is 2. The predicted octanol–water partition coefficient (Wildman–Crippen LogP) is 4.61. The van der Waals surface area contributed by atoms with Crippen LogP contribution in [0.5, 0.6) is 11.5 Å². The van der Waals surface area contributed by atoms with E-state index in [1.54, 1.807) is 30.3 Å². The molecule has 0 saturated heterocycles. The molecule has 2 aromatic carbocycles. The molecular weight excluding hydrogens is 354 g/mol. The molecule has 5 nitrogen and oxygen atoms in total. The van der Waals surface area contributed by atoms with Gasteiger partial charge in [0.05, 0.1) is 0 Å². The maximum absolute atomic E-state index is 12.0. The summed E-state index contributed by atoms with van der Waals surface area (Å²) in [5.41, 5.74) is 2.15. The molecule has 0 radical (unpaired) electrons. The van der Waals surface area contributed by atoms with Gasteiger partial charge in [0.25, 0.3) is 0 Å². The fourth-order valence-electron chi connectivity index (χ4n) is 3.20. The van der Waals surface area contributed by atoms with Gasteiger partial charge in [0.1, 0.15) is 17.5 Å². The van der Waals surface area contributed by atoms with Crippen LogP contribution in [0.3, 0.4) is 0 Å². The zero-order chi connectivity index (χ0) is 21.3. The first-order chi connectivity index (χ1) is 12.8. The molecule has 5 heteroatoms. The molecule has 0 aromatic heterocycles. The van der Waals surface area contributed by atoms with Gasteiger partial charge in [-0.1, -0.05) is 53.7 Å². The Labute approximate surface area is 167 Å². The van der Waals surface area contributed by atoms with Crippen LogP contribution in [-0.2, 0) is 22.2 Å². The first-order valence-corrected chi connectivity index (χ1v) is 9.42. The molecule has 0 fully saturated rings. The summed E-state index contributed by atoms with van der Waals surface area (Å²) in [4.78, 5) is 12.0. The van der Waals surface area contributed by atoms with E-state index < -0.39 is 12.0 Å². The van der Waals surface area contributed by atoms with Crippen LogP contribution in [0, 0.1) is 0 Å². The highest BCUT2D eigenvalue weighted by Crippen LogP contribution is 2.41. The number of nitrogens with one attached hydrogen (secondary N) is 1. The van der Waals surface area contributed by atoms with Gasteiger partial charge in [-0.3, -0.25) is 10.1 Å². The summed E-state index contributed by atoms with van der Waals surface area (Å²) in [6.07, 6.45) is 0. The zero-order valence-corrected chi connectivity index (χ0v) is 17.5. The minimum Gasteiger partial charge on any atom is -0.508 e. The van der Waals surface area contributed by atoms with Crippen LogP contribution in [0.25, 0.3) is 0 Å². The van der Waals surface area contributed by atoms with E-state index in [0.29, 0.717) is 12.1 Å². The highest BCUT2D eigenvalue weighted by Gasteiger charge is 2.30. The smallest absolute Gasteiger partial charge is 0.325 e. The van der Waals surface area contributed by atoms with E-state index >= 15 is 0 Å². The molecule has 0 aliphatic rings. The fraction of sp³-hybridized carbons (Fsp3) is 0.435. The van der Waals surface area contributed by atoms with Gasteiger partial charge < -0.3 is 15.3 Å². The quantitative estimate of drug-likeness (QED) is 0.604. The molecule has 152 valence electrons. The number of carbonyl (C=O) groups is 1. The van der Waals surface area contributed by atoms with Gasteiger partial charge in [-0.2, -0.15) is 0 Å². The Kier molecular flexibility index (Phi) is 6.09. The van der Waals surface area contributed by atoms with Crippen LogP contribution in [0.15, 0.2) is 36.4 Å². The van der Waals surface area contributed by atoms with Crippen molar-refractivity contribution in [3.8, 4) is 11.5 Å². The molecule has 0 spiro atoms. The zero-order valence-electron chi connectivity index (χ0n) is 17.5. The molecular formula is C23H31NO4. The average molecular weight is 386 g/mol. The summed E-state index contributed by atoms with van der Waals surface area (Å²) < 4.78 is 0. The molecule has 2 aromatic rings. The topological polar surface area (TPSA) is 89.8 Å². The van der Waals surface area contributed by atoms with Crippen LogP contribution in [0.4, 0.5) is 0 Å². The Morgan fingerprint density at radius 2 is 1.50 bits per heavy atom. The lowest BCUT2D eigenvalue weighted by Gasteiger charge is -2.29. The second-order valence-electron chi connectivity index (χ2n) is 9.29. The Morgan fingerprint density at radius 3 is 1.93 bits per heavy atom. The monoisotopic (exact) mass is 385 g/mol. The van der Waals surface area contributed by atoms with Crippen LogP contribution >= 0.6 is 0 Å². The van der Waals surface area contributed by atoms with E-state index in [1.165, 1.54) is 0 Å². The largest absolute Gasteiger partial charge is 0.508 e. The maximum Gasteiger partial charge on any atom is 0.325 e. The lowest BCUT2D eigenvalue weighted by molar-refractivity contribution is -0.139. The third kappa shape index (κ3) is 5.04. The minimum atomic E-state index is -0.995. The summed E-state index contributed by atoms with van der Waals surface area (Å²) in [7, 11) is 0. The number of rotatable bonds is 5. The summed E-state index contributed by atoms with van der Waals surface area (Å²) in [6.45, 7) is 12.3. The van der Waals surface area contributed by atoms with Crippen molar-refractivity contribution in [3.05, 3.63) is 58.7 Å². The van der Waals surface area contributed by atoms with Gasteiger partial charge in [-0.25, -0.2) is 0 Å². The van der Waals surface area contributed by atoms with Gasteiger partial charge in [0, 0.05) is 6.54 Å². The molecule has 0 bridgehead atoms. The number of carboxylic acid groups (broad SMARTS) is 1. The fourth-order valence-corrected chi connectivity index (χ4v) is 3.20. The third-order valence-electron chi connectivity index (χ3n) is 4.75. The summed E-state index contributed by atoms with van der Waals surface area (Å²) >= 11 is 0. The van der Waals surface area contributed by atoms with Crippen molar-refractivity contribution in [1.82, 2.24) is 5.32 Å². The summed E-state index contributed by atoms with van der Waals surface area (Å²) in [5.74, 6) is -0.632. The van der Waals surface area contributed by atoms with Gasteiger partial charge in [0.15, 0.2) is 0 Å². The number of benzene rings is 2. The van der Waals surface area contributed by atoms with Gasteiger partial charge in [-0.05, 0) is 57.3 Å². The summed E-state index contributed by atoms with van der Waals surface area (Å²) in [5, 5.41) is 33.4. The van der Waals surface area contributed by atoms with Crippen molar-refractivity contribution in [2.45, 2.75) is 65.0 Å². The lowest BCUT2D eigenvalue weighted by Crippen LogP contribution is -2.29. The molecule has 2 rings (SSSR count). The first kappa shape index (κ1) is 21.8. The van der Waals surface area contributed by atoms with Crippen molar-refractivity contribution in [2.24, 2.45) is 0 Å². The van der Waals surface area contributed by atoms with Gasteiger partial charge in [0.2, 0.25) is 0 Å². The van der Waals surface area contributed by atoms with Gasteiger partial charge in [-0.15, -0.1) is 0 Å². The number of aromatic hydroxyl groups is 2. The maximum atomic E-state index is 12.0. The van der Waals surface area contributed by atoms with E-state index in [9.17, 15) is 20.1 Å². The summed E-state index contributed by atoms with van der Waals surface area (Å²) in [6, 6.07) is 9.33. The molecule has 0 saturated carbocycles. The molecule has 1 unspecified atom stereocenters. The van der Waals surface area contributed by atoms with E-state index in [4.69, 9.17) is 0 Å². The van der Waals surface area contributed by atoms with Crippen molar-refractivity contribution in [3.63, 3.8) is 0 Å². The standard InChI is InChI=1S/C23H31NO4/c1-22(2,3)17-11-15(12-18(20(17)26)23(4,5)6)19(21(27)28)24-13-14-8-7-9-16(25)10-14/h7-12,19,24-26H,13H2,1-6H3,(H,27,28). The molecule has 0 aliphatic carbocycles. The molecule has 1 atom stereocenters. The van der Waals surface area contributed by atoms with Gasteiger partial charge >= 0.3 is 5.97 Å². The molecule has 0 heterocycles. The molecule has 0 amide bonds. The van der Waals surface area contributed by atoms with Crippen LogP contribution < -0.4 is 5.32 Å². The number of aliphatic carboxylic acids is 1. The first-order valence-electron chi connectivity index (χ1n) is 9.42. The van der Waals surface area contributed by atoms with Crippen LogP contribution in [0.1, 0.15) is 69.8 Å². The SMILES string of the molecule is CC(C)(C)c1cc(C(NCc2cccc(O)c2)C(=O)O)cc(C(C)(C)C)c1O. The third-order valence-corrected chi connectivity index (χ3v) is 4.75. The lowest BCUT2D eigenvalue weighted by atomic mass is 9.77. The second-order valence-corrected chi connectivity index (χ2v) is 9.29. The van der Waals surface area contributed by atoms with Crippen molar-refractivity contribution < 1.29 is 20.1 Å². The molecule has 28 heavy (non-hydrogen) atoms. The molecule has 0 aliphatic heterocycles. The van der Waals surface area contributed by atoms with E-state index in [1.807, 2.05) is 47.6 Å². The average Bonchev–Trinajstić information content (AvgIpc) is 2.53. The highest BCUT2D eigenvalue weighted by atomic mass is 16.4. The Bertz CT molecular complexity index is 825. The molecule has 4 N–H and O–H groups in total. The van der Waals surface area contributed by atoms with Crippen molar-refractivity contribution >= 4 is 5.97 Å². The highest BCUT2D eigenvalue weighted by molar-refractivity contribution is 5.76. The Hall–Kier alpha value is -2.53. The normalized spacial score (nSPS) is 13.4. The number of phenolic OH excluding ortho intramolecular Hbond substituents is 2. The second kappa shape index (κ2) is 7.84. The van der Waals surface area contributed by atoms with Crippen molar-refractivity contribution in [2.75, 3.05) is 0 Å². The number of hydrogen-bond acceptors (Lipinski definition) is 4. The van der Waals surface area contributed by atoms with Crippen LogP contribution in [-0.4, -0.2) is 21.3 Å². The Morgan fingerprint density at radius 1 is 0.964 bits per heavy atom. The van der Waals surface area contributed by atoms with E-state index in [2.05, 4.69) is 5.32 Å². The predicted molar refractivity (Wildman–Crippen MR) is 111 cm³/mol. The Balaban J connectivity index is 2.50.